The fourth-order valence-corrected chi connectivity index (χ4v) is 1.97. The third-order valence-electron chi connectivity index (χ3n) is 2.25. The number of nitrogens with one attached hydrogen (secondary N) is 2. The molecule has 2 amide bonds. The van der Waals surface area contributed by atoms with E-state index in [4.69, 9.17) is 4.74 Å². The molecule has 0 heterocycles. The van der Waals surface area contributed by atoms with Crippen molar-refractivity contribution in [2.45, 2.75) is 13.8 Å². The van der Waals surface area contributed by atoms with Gasteiger partial charge >= 0.3 is 0 Å². The molecule has 0 radical (unpaired) electrons. The number of rotatable bonds is 4. The van der Waals surface area contributed by atoms with Crippen molar-refractivity contribution in [2.24, 2.45) is 0 Å². The van der Waals surface area contributed by atoms with Crippen molar-refractivity contribution in [1.29, 1.82) is 0 Å². The molecule has 0 bridgehead atoms. The molecule has 0 aliphatic carbocycles. The van der Waals surface area contributed by atoms with Crippen LogP contribution in [0.2, 0.25) is 0 Å². The van der Waals surface area contributed by atoms with Gasteiger partial charge in [0.15, 0.2) is 0 Å². The Labute approximate surface area is 114 Å². The molecule has 1 aromatic carbocycles. The van der Waals surface area contributed by atoms with Crippen LogP contribution in [0.1, 0.15) is 12.5 Å². The molecule has 0 fully saturated rings. The minimum atomic E-state index is -0.297. The fourth-order valence-electron chi connectivity index (χ4n) is 1.42. The zero-order chi connectivity index (χ0) is 13.7. The van der Waals surface area contributed by atoms with E-state index in [-0.39, 0.29) is 18.4 Å². The first kappa shape index (κ1) is 14.5. The summed E-state index contributed by atoms with van der Waals surface area (Å²) in [6.07, 6.45) is 0. The van der Waals surface area contributed by atoms with Crippen molar-refractivity contribution in [3.8, 4) is 5.75 Å². The minimum Gasteiger partial charge on any atom is -0.495 e. The summed E-state index contributed by atoms with van der Waals surface area (Å²) in [4.78, 5) is 22.3. The summed E-state index contributed by atoms with van der Waals surface area (Å²) in [6, 6.07) is 3.64. The highest BCUT2D eigenvalue weighted by molar-refractivity contribution is 9.10. The Hall–Kier alpha value is -1.56. The lowest BCUT2D eigenvalue weighted by atomic mass is 10.2. The van der Waals surface area contributed by atoms with Gasteiger partial charge in [0.1, 0.15) is 5.75 Å². The van der Waals surface area contributed by atoms with Crippen molar-refractivity contribution < 1.29 is 14.3 Å². The van der Waals surface area contributed by atoms with Gasteiger partial charge in [-0.25, -0.2) is 0 Å². The summed E-state index contributed by atoms with van der Waals surface area (Å²) in [7, 11) is 1.53. The standard InChI is InChI=1S/C12H15BrN2O3/c1-7-4-9(13)5-10(18-3)12(7)15-11(17)6-14-8(2)16/h4-5H,6H2,1-3H3,(H,14,16)(H,15,17). The van der Waals surface area contributed by atoms with Crippen LogP contribution in [0.3, 0.4) is 0 Å². The Balaban J connectivity index is 2.83. The molecule has 6 heteroatoms. The first-order valence-corrected chi connectivity index (χ1v) is 6.11. The van der Waals surface area contributed by atoms with E-state index >= 15 is 0 Å². The molecular formula is C12H15BrN2O3. The lowest BCUT2D eigenvalue weighted by molar-refractivity contribution is -0.122. The predicted octanol–water partition coefficient (Wildman–Crippen LogP) is 1.84. The number of halogens is 1. The van der Waals surface area contributed by atoms with Crippen molar-refractivity contribution in [1.82, 2.24) is 5.32 Å². The first-order valence-electron chi connectivity index (χ1n) is 5.32. The lowest BCUT2D eigenvalue weighted by Gasteiger charge is -2.13. The van der Waals surface area contributed by atoms with E-state index in [0.717, 1.165) is 10.0 Å². The van der Waals surface area contributed by atoms with Gasteiger partial charge in [-0.15, -0.1) is 0 Å². The molecule has 5 nitrogen and oxygen atoms in total. The Bertz CT molecular complexity index is 475. The molecule has 0 spiro atoms. The molecule has 98 valence electrons. The van der Waals surface area contributed by atoms with Crippen LogP contribution in [0.4, 0.5) is 5.69 Å². The average Bonchev–Trinajstić information content (AvgIpc) is 2.29. The minimum absolute atomic E-state index is 0.0615. The number of amides is 2. The number of methoxy groups -OCH3 is 1. The van der Waals surface area contributed by atoms with Crippen molar-refractivity contribution in [2.75, 3.05) is 19.0 Å². The lowest BCUT2D eigenvalue weighted by Crippen LogP contribution is -2.31. The maximum atomic E-state index is 11.6. The summed E-state index contributed by atoms with van der Waals surface area (Å²) in [6.45, 7) is 3.16. The fraction of sp³-hybridized carbons (Fsp3) is 0.333. The van der Waals surface area contributed by atoms with Gasteiger partial charge in [0, 0.05) is 11.4 Å². The van der Waals surface area contributed by atoms with Crippen molar-refractivity contribution >= 4 is 33.4 Å². The number of hydrogen-bond acceptors (Lipinski definition) is 3. The van der Waals surface area contributed by atoms with E-state index in [1.807, 2.05) is 13.0 Å². The third kappa shape index (κ3) is 4.03. The van der Waals surface area contributed by atoms with Gasteiger partial charge in [0.2, 0.25) is 11.8 Å². The van der Waals surface area contributed by atoms with Crippen LogP contribution in [0, 0.1) is 6.92 Å². The zero-order valence-electron chi connectivity index (χ0n) is 10.5. The summed E-state index contributed by atoms with van der Waals surface area (Å²) < 4.78 is 6.07. The molecule has 2 N–H and O–H groups in total. The summed E-state index contributed by atoms with van der Waals surface area (Å²) in [5, 5.41) is 5.15. The molecule has 0 aliphatic rings. The molecular weight excluding hydrogens is 300 g/mol. The first-order chi connectivity index (χ1) is 8.43. The van der Waals surface area contributed by atoms with Crippen LogP contribution in [0.5, 0.6) is 5.75 Å². The molecule has 18 heavy (non-hydrogen) atoms. The monoisotopic (exact) mass is 314 g/mol. The molecule has 0 aliphatic heterocycles. The van der Waals surface area contributed by atoms with Gasteiger partial charge in [-0.05, 0) is 24.6 Å². The van der Waals surface area contributed by atoms with E-state index < -0.39 is 0 Å². The smallest absolute Gasteiger partial charge is 0.243 e. The zero-order valence-corrected chi connectivity index (χ0v) is 12.1. The Morgan fingerprint density at radius 2 is 2.06 bits per heavy atom. The topological polar surface area (TPSA) is 67.4 Å². The second kappa shape index (κ2) is 6.39. The van der Waals surface area contributed by atoms with Crippen LogP contribution in [-0.4, -0.2) is 25.5 Å². The second-order valence-electron chi connectivity index (χ2n) is 3.76. The van der Waals surface area contributed by atoms with Crippen LogP contribution >= 0.6 is 15.9 Å². The van der Waals surface area contributed by atoms with E-state index in [1.165, 1.54) is 14.0 Å². The molecule has 0 atom stereocenters. The Morgan fingerprint density at radius 1 is 1.39 bits per heavy atom. The average molecular weight is 315 g/mol. The molecule has 0 saturated heterocycles. The summed E-state index contributed by atoms with van der Waals surface area (Å²) >= 11 is 3.35. The van der Waals surface area contributed by atoms with E-state index in [0.29, 0.717) is 11.4 Å². The predicted molar refractivity (Wildman–Crippen MR) is 72.7 cm³/mol. The number of carbonyl (C=O) groups is 2. The number of ether oxygens (including phenoxy) is 1. The molecule has 0 aromatic heterocycles. The maximum absolute atomic E-state index is 11.6. The second-order valence-corrected chi connectivity index (χ2v) is 4.67. The third-order valence-corrected chi connectivity index (χ3v) is 2.70. The van der Waals surface area contributed by atoms with Gasteiger partial charge < -0.3 is 15.4 Å². The molecule has 0 saturated carbocycles. The normalized spacial score (nSPS) is 9.78. The van der Waals surface area contributed by atoms with E-state index in [1.54, 1.807) is 6.07 Å². The van der Waals surface area contributed by atoms with Gasteiger partial charge in [0.05, 0.1) is 19.3 Å². The number of anilines is 1. The van der Waals surface area contributed by atoms with E-state index in [2.05, 4.69) is 26.6 Å². The number of benzene rings is 1. The van der Waals surface area contributed by atoms with Crippen LogP contribution in [-0.2, 0) is 9.59 Å². The van der Waals surface area contributed by atoms with Crippen LogP contribution < -0.4 is 15.4 Å². The highest BCUT2D eigenvalue weighted by Crippen LogP contribution is 2.31. The maximum Gasteiger partial charge on any atom is 0.243 e. The van der Waals surface area contributed by atoms with Crippen molar-refractivity contribution in [3.05, 3.63) is 22.2 Å². The van der Waals surface area contributed by atoms with Gasteiger partial charge in [-0.2, -0.15) is 0 Å². The Kier molecular flexibility index (Phi) is 5.15. The summed E-state index contributed by atoms with van der Waals surface area (Å²) in [5.41, 5.74) is 1.48. The van der Waals surface area contributed by atoms with Gasteiger partial charge in [0.25, 0.3) is 0 Å². The molecule has 0 unspecified atom stereocenters. The van der Waals surface area contributed by atoms with Gasteiger partial charge in [-0.3, -0.25) is 9.59 Å². The van der Waals surface area contributed by atoms with Crippen molar-refractivity contribution in [3.63, 3.8) is 0 Å². The quantitative estimate of drug-likeness (QED) is 0.891. The largest absolute Gasteiger partial charge is 0.495 e. The molecule has 1 rings (SSSR count). The van der Waals surface area contributed by atoms with Gasteiger partial charge in [-0.1, -0.05) is 15.9 Å². The number of aryl methyl sites for hydroxylation is 1. The Morgan fingerprint density at radius 3 is 2.61 bits per heavy atom. The summed E-state index contributed by atoms with van der Waals surface area (Å²) in [5.74, 6) is 0.0246. The highest BCUT2D eigenvalue weighted by atomic mass is 79.9. The van der Waals surface area contributed by atoms with Crippen LogP contribution in [0.25, 0.3) is 0 Å². The number of carbonyl (C=O) groups excluding carboxylic acids is 2. The highest BCUT2D eigenvalue weighted by Gasteiger charge is 2.11. The van der Waals surface area contributed by atoms with E-state index in [9.17, 15) is 9.59 Å². The SMILES string of the molecule is COc1cc(Br)cc(C)c1NC(=O)CNC(C)=O. The van der Waals surface area contributed by atoms with Crippen LogP contribution in [0.15, 0.2) is 16.6 Å². The molecule has 1 aromatic rings. The number of hydrogen-bond donors (Lipinski definition) is 2.